The first kappa shape index (κ1) is 17.3. The zero-order chi connectivity index (χ0) is 11.6. The van der Waals surface area contributed by atoms with Crippen LogP contribution < -0.4 is 0 Å². The molecule has 0 bridgehead atoms. The van der Waals surface area contributed by atoms with E-state index in [9.17, 15) is 5.21 Å². The van der Waals surface area contributed by atoms with Crippen molar-refractivity contribution >= 4 is 0 Å². The molecule has 2 heteroatoms. The molecule has 0 aromatic rings. The van der Waals surface area contributed by atoms with Crippen molar-refractivity contribution in [3.63, 3.8) is 0 Å². The molecule has 1 N–H and O–H groups in total. The smallest absolute Gasteiger partial charge is 0.0413 e. The van der Waals surface area contributed by atoms with Crippen LogP contribution in [0.25, 0.3) is 0 Å². The highest BCUT2D eigenvalue weighted by Gasteiger charge is 2.43. The summed E-state index contributed by atoms with van der Waals surface area (Å²) in [6.07, 6.45) is 2.15. The molecule has 2 nitrogen and oxygen atoms in total. The summed E-state index contributed by atoms with van der Waals surface area (Å²) in [7, 11) is 0. The summed E-state index contributed by atoms with van der Waals surface area (Å²) in [4.78, 5) is 0. The Morgan fingerprint density at radius 3 is 1.53 bits per heavy atom. The van der Waals surface area contributed by atoms with Gasteiger partial charge in [0.25, 0.3) is 0 Å². The van der Waals surface area contributed by atoms with Crippen molar-refractivity contribution in [3.8, 4) is 0 Å². The summed E-state index contributed by atoms with van der Waals surface area (Å²) >= 11 is 0. The van der Waals surface area contributed by atoms with Gasteiger partial charge in [0.1, 0.15) is 0 Å². The maximum absolute atomic E-state index is 9.92. The van der Waals surface area contributed by atoms with Crippen molar-refractivity contribution in [1.82, 2.24) is 5.06 Å². The van der Waals surface area contributed by atoms with Crippen molar-refractivity contribution in [2.45, 2.75) is 79.8 Å². The minimum atomic E-state index is -0.0683. The Morgan fingerprint density at radius 1 is 1.00 bits per heavy atom. The van der Waals surface area contributed by atoms with Gasteiger partial charge < -0.3 is 5.21 Å². The predicted molar refractivity (Wildman–Crippen MR) is 68.3 cm³/mol. The van der Waals surface area contributed by atoms with Crippen LogP contribution in [0.1, 0.15) is 68.7 Å². The van der Waals surface area contributed by atoms with Crippen LogP contribution in [-0.2, 0) is 0 Å². The zero-order valence-electron chi connectivity index (χ0n) is 10.9. The summed E-state index contributed by atoms with van der Waals surface area (Å²) in [6.45, 7) is 14.7. The summed E-state index contributed by atoms with van der Waals surface area (Å²) in [6, 6.07) is 0. The molecule has 1 fully saturated rings. The van der Waals surface area contributed by atoms with Gasteiger partial charge in [0.05, 0.1) is 0 Å². The van der Waals surface area contributed by atoms with E-state index in [-0.39, 0.29) is 18.5 Å². The number of hydrogen-bond acceptors (Lipinski definition) is 2. The Morgan fingerprint density at radius 2 is 1.27 bits per heavy atom. The van der Waals surface area contributed by atoms with Crippen LogP contribution >= 0.6 is 0 Å². The first-order chi connectivity index (χ1) is 6.26. The maximum atomic E-state index is 9.92. The highest BCUT2D eigenvalue weighted by Crippen LogP contribution is 2.39. The molecule has 0 amide bonds. The normalized spacial score (nSPS) is 24.8. The average Bonchev–Trinajstić information content (AvgIpc) is 2.02. The Balaban J connectivity index is 0. The second-order valence-corrected chi connectivity index (χ2v) is 5.45. The fourth-order valence-corrected chi connectivity index (χ4v) is 2.77. The van der Waals surface area contributed by atoms with Crippen LogP contribution in [0, 0.1) is 5.92 Å². The van der Waals surface area contributed by atoms with Crippen LogP contribution in [0.4, 0.5) is 0 Å². The monoisotopic (exact) mass is 217 g/mol. The molecule has 0 aromatic heterocycles. The molecule has 0 aromatic carbocycles. The van der Waals surface area contributed by atoms with Crippen LogP contribution in [0.15, 0.2) is 0 Å². The van der Waals surface area contributed by atoms with Gasteiger partial charge in [0, 0.05) is 11.1 Å². The third kappa shape index (κ3) is 4.12. The molecular formula is C13H31NO. The summed E-state index contributed by atoms with van der Waals surface area (Å²) in [5.41, 5.74) is -0.137. The number of rotatable bonds is 0. The van der Waals surface area contributed by atoms with Gasteiger partial charge in [0.15, 0.2) is 0 Å². The standard InChI is InChI=1S/C10H21NO.C2H6.CH4/c1-8-6-9(2,3)11(12)10(4,5)7-8;1-2;/h8,12H,6-7H2,1-5H3;1-2H3;1H4. The molecule has 1 heterocycles. The van der Waals surface area contributed by atoms with E-state index >= 15 is 0 Å². The van der Waals surface area contributed by atoms with Gasteiger partial charge in [-0.25, -0.2) is 0 Å². The topological polar surface area (TPSA) is 23.5 Å². The van der Waals surface area contributed by atoms with E-state index in [4.69, 9.17) is 0 Å². The van der Waals surface area contributed by atoms with E-state index in [1.165, 1.54) is 5.06 Å². The molecule has 0 atom stereocenters. The highest BCUT2D eigenvalue weighted by molar-refractivity contribution is 4.94. The van der Waals surface area contributed by atoms with Crippen molar-refractivity contribution in [2.75, 3.05) is 0 Å². The molecule has 94 valence electrons. The highest BCUT2D eigenvalue weighted by atomic mass is 16.5. The van der Waals surface area contributed by atoms with Gasteiger partial charge in [-0.3, -0.25) is 0 Å². The molecule has 0 unspecified atom stereocenters. The molecule has 0 spiro atoms. The first-order valence-corrected chi connectivity index (χ1v) is 5.75. The summed E-state index contributed by atoms with van der Waals surface area (Å²) in [5, 5.41) is 11.4. The van der Waals surface area contributed by atoms with Crippen LogP contribution in [0.5, 0.6) is 0 Å². The van der Waals surface area contributed by atoms with E-state index in [0.717, 1.165) is 12.8 Å². The molecule has 0 radical (unpaired) electrons. The summed E-state index contributed by atoms with van der Waals surface area (Å²) < 4.78 is 0. The van der Waals surface area contributed by atoms with Gasteiger partial charge in [-0.1, -0.05) is 28.2 Å². The first-order valence-electron chi connectivity index (χ1n) is 5.75. The maximum Gasteiger partial charge on any atom is 0.0413 e. The fourth-order valence-electron chi connectivity index (χ4n) is 2.77. The molecule has 1 rings (SSSR count). The van der Waals surface area contributed by atoms with Crippen molar-refractivity contribution in [1.29, 1.82) is 0 Å². The largest absolute Gasteiger partial charge is 0.313 e. The van der Waals surface area contributed by atoms with Gasteiger partial charge in [0.2, 0.25) is 0 Å². The number of hydrogen-bond donors (Lipinski definition) is 1. The molecule has 1 aliphatic heterocycles. The van der Waals surface area contributed by atoms with Gasteiger partial charge in [-0.15, -0.1) is 0 Å². The number of piperidine rings is 1. The van der Waals surface area contributed by atoms with Crippen molar-refractivity contribution in [2.24, 2.45) is 5.92 Å². The molecular weight excluding hydrogens is 186 g/mol. The fraction of sp³-hybridized carbons (Fsp3) is 1.00. The van der Waals surface area contributed by atoms with Crippen molar-refractivity contribution < 1.29 is 5.21 Å². The number of hydroxylamine groups is 2. The molecule has 1 saturated heterocycles. The number of nitrogens with zero attached hydrogens (tertiary/aromatic N) is 1. The Hall–Kier alpha value is -0.0800. The van der Waals surface area contributed by atoms with E-state index in [0.29, 0.717) is 5.92 Å². The van der Waals surface area contributed by atoms with Crippen LogP contribution in [0.2, 0.25) is 0 Å². The van der Waals surface area contributed by atoms with Gasteiger partial charge >= 0.3 is 0 Å². The lowest BCUT2D eigenvalue weighted by Gasteiger charge is -2.50. The van der Waals surface area contributed by atoms with Crippen LogP contribution in [0.3, 0.4) is 0 Å². The molecule has 1 aliphatic rings. The van der Waals surface area contributed by atoms with E-state index in [2.05, 4.69) is 34.6 Å². The van der Waals surface area contributed by atoms with Gasteiger partial charge in [-0.2, -0.15) is 5.06 Å². The lowest BCUT2D eigenvalue weighted by atomic mass is 9.76. The Labute approximate surface area is 96.6 Å². The SMILES string of the molecule is C.CC.CC1CC(C)(C)N(O)C(C)(C)C1. The Kier molecular flexibility index (Phi) is 6.76. The second kappa shape index (κ2) is 5.86. The summed E-state index contributed by atoms with van der Waals surface area (Å²) in [5.74, 6) is 0.707. The molecule has 15 heavy (non-hydrogen) atoms. The molecule has 0 saturated carbocycles. The van der Waals surface area contributed by atoms with Gasteiger partial charge in [-0.05, 0) is 46.5 Å². The lowest BCUT2D eigenvalue weighted by molar-refractivity contribution is -0.249. The van der Waals surface area contributed by atoms with Crippen LogP contribution in [-0.4, -0.2) is 21.3 Å². The second-order valence-electron chi connectivity index (χ2n) is 5.45. The minimum Gasteiger partial charge on any atom is -0.313 e. The Bertz CT molecular complexity index is 157. The van der Waals surface area contributed by atoms with E-state index < -0.39 is 0 Å². The quantitative estimate of drug-likeness (QED) is 0.653. The van der Waals surface area contributed by atoms with Crippen molar-refractivity contribution in [3.05, 3.63) is 0 Å². The molecule has 0 aliphatic carbocycles. The van der Waals surface area contributed by atoms with E-state index in [1.54, 1.807) is 0 Å². The third-order valence-corrected chi connectivity index (χ3v) is 2.84. The average molecular weight is 217 g/mol. The minimum absolute atomic E-state index is 0. The van der Waals surface area contributed by atoms with E-state index in [1.807, 2.05) is 13.8 Å². The zero-order valence-corrected chi connectivity index (χ0v) is 10.9. The lowest BCUT2D eigenvalue weighted by Crippen LogP contribution is -2.58. The third-order valence-electron chi connectivity index (χ3n) is 2.84. The predicted octanol–water partition coefficient (Wildman–Crippen LogP) is 4.33.